The molecule has 1 saturated heterocycles. The zero-order valence-electron chi connectivity index (χ0n) is 11.4. The van der Waals surface area contributed by atoms with Crippen molar-refractivity contribution < 1.29 is 4.74 Å². The van der Waals surface area contributed by atoms with Crippen LogP contribution in [0.4, 0.5) is 0 Å². The van der Waals surface area contributed by atoms with Crippen molar-refractivity contribution in [2.45, 2.75) is 45.3 Å². The third-order valence-electron chi connectivity index (χ3n) is 3.79. The molecule has 2 rings (SSSR count). The second-order valence-electron chi connectivity index (χ2n) is 5.17. The molecule has 0 aliphatic carbocycles. The van der Waals surface area contributed by atoms with Crippen molar-refractivity contribution in [1.29, 1.82) is 0 Å². The van der Waals surface area contributed by atoms with Crippen molar-refractivity contribution in [3.63, 3.8) is 0 Å². The van der Waals surface area contributed by atoms with Gasteiger partial charge in [-0.3, -0.25) is 0 Å². The molecule has 1 aliphatic rings. The molecule has 1 fully saturated rings. The molecule has 1 aliphatic heterocycles. The number of ether oxygens (including phenoxy) is 1. The fourth-order valence-corrected chi connectivity index (χ4v) is 2.89. The molecule has 1 aromatic carbocycles. The Morgan fingerprint density at radius 3 is 2.78 bits per heavy atom. The first-order valence-electron chi connectivity index (χ1n) is 6.67. The van der Waals surface area contributed by atoms with Gasteiger partial charge in [-0.2, -0.15) is 0 Å². The molecule has 1 heterocycles. The number of hydrogen-bond donors (Lipinski definition) is 1. The summed E-state index contributed by atoms with van der Waals surface area (Å²) in [5.41, 5.74) is 3.74. The first-order chi connectivity index (χ1) is 8.61. The first kappa shape index (κ1) is 13.9. The summed E-state index contributed by atoms with van der Waals surface area (Å²) in [7, 11) is 2.02. The first-order valence-corrected chi connectivity index (χ1v) is 7.05. The SMILES string of the molecule is CNC(CC1CCCO1)c1cc(C)c(Cl)cc1C. The summed E-state index contributed by atoms with van der Waals surface area (Å²) in [6.07, 6.45) is 3.82. The third-order valence-corrected chi connectivity index (χ3v) is 4.20. The van der Waals surface area contributed by atoms with Crippen LogP contribution >= 0.6 is 11.6 Å². The van der Waals surface area contributed by atoms with Gasteiger partial charge >= 0.3 is 0 Å². The Hall–Kier alpha value is -0.570. The third kappa shape index (κ3) is 3.05. The van der Waals surface area contributed by atoms with Crippen molar-refractivity contribution in [2.75, 3.05) is 13.7 Å². The van der Waals surface area contributed by atoms with E-state index in [1.54, 1.807) is 0 Å². The Balaban J connectivity index is 2.18. The molecule has 2 unspecified atom stereocenters. The van der Waals surface area contributed by atoms with Gasteiger partial charge in [0.15, 0.2) is 0 Å². The van der Waals surface area contributed by atoms with Gasteiger partial charge in [0, 0.05) is 17.7 Å². The minimum Gasteiger partial charge on any atom is -0.378 e. The van der Waals surface area contributed by atoms with Gasteiger partial charge in [0.2, 0.25) is 0 Å². The summed E-state index contributed by atoms with van der Waals surface area (Å²) in [6.45, 7) is 5.10. The van der Waals surface area contributed by atoms with Crippen LogP contribution in [-0.2, 0) is 4.74 Å². The van der Waals surface area contributed by atoms with Crippen molar-refractivity contribution in [1.82, 2.24) is 5.32 Å². The molecule has 1 aromatic rings. The van der Waals surface area contributed by atoms with Crippen molar-refractivity contribution >= 4 is 11.6 Å². The zero-order valence-corrected chi connectivity index (χ0v) is 12.2. The Morgan fingerprint density at radius 2 is 2.17 bits per heavy atom. The average Bonchev–Trinajstić information content (AvgIpc) is 2.84. The summed E-state index contributed by atoms with van der Waals surface area (Å²) in [5.74, 6) is 0. The number of nitrogens with one attached hydrogen (secondary N) is 1. The van der Waals surface area contributed by atoms with Gasteiger partial charge in [-0.1, -0.05) is 17.7 Å². The summed E-state index contributed by atoms with van der Waals surface area (Å²) < 4.78 is 5.73. The summed E-state index contributed by atoms with van der Waals surface area (Å²) >= 11 is 6.16. The van der Waals surface area contributed by atoms with E-state index in [0.717, 1.165) is 23.6 Å². The largest absolute Gasteiger partial charge is 0.378 e. The quantitative estimate of drug-likeness (QED) is 0.896. The van der Waals surface area contributed by atoms with E-state index in [0.29, 0.717) is 12.1 Å². The number of benzene rings is 1. The van der Waals surface area contributed by atoms with Crippen LogP contribution in [0.1, 0.15) is 42.0 Å². The molecule has 0 spiro atoms. The standard InChI is InChI=1S/C15H22ClNO/c1-10-8-14(16)11(2)7-13(10)15(17-3)9-12-5-4-6-18-12/h7-8,12,15,17H,4-6,9H2,1-3H3. The predicted octanol–water partition coefficient (Wildman–Crippen LogP) is 3.79. The lowest BCUT2D eigenvalue weighted by molar-refractivity contribution is 0.0953. The van der Waals surface area contributed by atoms with Gasteiger partial charge in [-0.15, -0.1) is 0 Å². The fraction of sp³-hybridized carbons (Fsp3) is 0.600. The zero-order chi connectivity index (χ0) is 13.1. The maximum atomic E-state index is 6.16. The molecule has 2 nitrogen and oxygen atoms in total. The van der Waals surface area contributed by atoms with E-state index in [1.165, 1.54) is 24.0 Å². The van der Waals surface area contributed by atoms with E-state index < -0.39 is 0 Å². The van der Waals surface area contributed by atoms with Gasteiger partial charge in [0.05, 0.1) is 6.10 Å². The van der Waals surface area contributed by atoms with E-state index in [1.807, 2.05) is 7.05 Å². The second kappa shape index (κ2) is 6.05. The summed E-state index contributed by atoms with van der Waals surface area (Å²) in [6, 6.07) is 4.61. The highest BCUT2D eigenvalue weighted by molar-refractivity contribution is 6.31. The van der Waals surface area contributed by atoms with Gasteiger partial charge in [-0.05, 0) is 62.9 Å². The maximum Gasteiger partial charge on any atom is 0.0594 e. The Morgan fingerprint density at radius 1 is 1.39 bits per heavy atom. The van der Waals surface area contributed by atoms with Gasteiger partial charge in [0.25, 0.3) is 0 Å². The number of halogens is 1. The molecule has 3 heteroatoms. The molecule has 2 atom stereocenters. The molecule has 0 radical (unpaired) electrons. The normalized spacial score (nSPS) is 21.2. The lowest BCUT2D eigenvalue weighted by Gasteiger charge is -2.22. The second-order valence-corrected chi connectivity index (χ2v) is 5.58. The van der Waals surface area contributed by atoms with Gasteiger partial charge in [0.1, 0.15) is 0 Å². The highest BCUT2D eigenvalue weighted by Gasteiger charge is 2.22. The highest BCUT2D eigenvalue weighted by Crippen LogP contribution is 2.30. The average molecular weight is 268 g/mol. The van der Waals surface area contributed by atoms with E-state index in [2.05, 4.69) is 31.3 Å². The van der Waals surface area contributed by atoms with Crippen LogP contribution in [-0.4, -0.2) is 19.8 Å². The molecule has 0 bridgehead atoms. The van der Waals surface area contributed by atoms with Crippen LogP contribution in [0.2, 0.25) is 5.02 Å². The lowest BCUT2D eigenvalue weighted by Crippen LogP contribution is -2.23. The molecule has 0 aromatic heterocycles. The molecular weight excluding hydrogens is 246 g/mol. The van der Waals surface area contributed by atoms with E-state index >= 15 is 0 Å². The molecular formula is C15H22ClNO. The van der Waals surface area contributed by atoms with Crippen LogP contribution in [0, 0.1) is 13.8 Å². The van der Waals surface area contributed by atoms with Crippen molar-refractivity contribution in [3.05, 3.63) is 33.8 Å². The Kier molecular flexibility index (Phi) is 4.66. The molecule has 0 saturated carbocycles. The molecule has 18 heavy (non-hydrogen) atoms. The Bertz CT molecular complexity index is 413. The van der Waals surface area contributed by atoms with Crippen LogP contribution in [0.15, 0.2) is 12.1 Å². The van der Waals surface area contributed by atoms with Crippen molar-refractivity contribution in [2.24, 2.45) is 0 Å². The maximum absolute atomic E-state index is 6.16. The van der Waals surface area contributed by atoms with E-state index in [-0.39, 0.29) is 0 Å². The van der Waals surface area contributed by atoms with Crippen molar-refractivity contribution in [3.8, 4) is 0 Å². The number of aryl methyl sites for hydroxylation is 2. The van der Waals surface area contributed by atoms with E-state index in [4.69, 9.17) is 16.3 Å². The summed E-state index contributed by atoms with van der Waals surface area (Å²) in [5, 5.41) is 4.26. The van der Waals surface area contributed by atoms with Crippen LogP contribution in [0.5, 0.6) is 0 Å². The smallest absolute Gasteiger partial charge is 0.0594 e. The lowest BCUT2D eigenvalue weighted by atomic mass is 9.94. The minimum atomic E-state index is 0.351. The van der Waals surface area contributed by atoms with Crippen LogP contribution < -0.4 is 5.32 Å². The molecule has 0 amide bonds. The molecule has 100 valence electrons. The van der Waals surface area contributed by atoms with E-state index in [9.17, 15) is 0 Å². The fourth-order valence-electron chi connectivity index (χ4n) is 2.67. The Labute approximate surface area is 115 Å². The van der Waals surface area contributed by atoms with Crippen LogP contribution in [0.3, 0.4) is 0 Å². The number of rotatable bonds is 4. The highest BCUT2D eigenvalue weighted by atomic mass is 35.5. The topological polar surface area (TPSA) is 21.3 Å². The van der Waals surface area contributed by atoms with Gasteiger partial charge in [-0.25, -0.2) is 0 Å². The van der Waals surface area contributed by atoms with Crippen LogP contribution in [0.25, 0.3) is 0 Å². The predicted molar refractivity (Wildman–Crippen MR) is 76.3 cm³/mol. The summed E-state index contributed by atoms with van der Waals surface area (Å²) in [4.78, 5) is 0. The number of hydrogen-bond acceptors (Lipinski definition) is 2. The molecule has 1 N–H and O–H groups in total. The van der Waals surface area contributed by atoms with Gasteiger partial charge < -0.3 is 10.1 Å². The monoisotopic (exact) mass is 267 g/mol. The minimum absolute atomic E-state index is 0.351.